The number of aryl methyl sites for hydroxylation is 1. The van der Waals surface area contributed by atoms with E-state index in [-0.39, 0.29) is 17.6 Å². The summed E-state index contributed by atoms with van der Waals surface area (Å²) in [6.07, 6.45) is 4.31. The normalized spacial score (nSPS) is 18.1. The van der Waals surface area contributed by atoms with Crippen molar-refractivity contribution in [2.24, 2.45) is 5.73 Å². The third-order valence-electron chi connectivity index (χ3n) is 3.62. The SMILES string of the molecule is Cc1nc(C(=O)N2CCCC2c2[nH]ncc2C(N)=O)co1. The van der Waals surface area contributed by atoms with Crippen LogP contribution in [-0.4, -0.2) is 38.4 Å². The summed E-state index contributed by atoms with van der Waals surface area (Å²) in [5.41, 5.74) is 6.49. The number of likely N-dealkylation sites (tertiary alicyclic amines) is 1. The van der Waals surface area contributed by atoms with Crippen molar-refractivity contribution in [2.75, 3.05) is 6.54 Å². The summed E-state index contributed by atoms with van der Waals surface area (Å²) >= 11 is 0. The van der Waals surface area contributed by atoms with Gasteiger partial charge in [0.2, 0.25) is 0 Å². The highest BCUT2D eigenvalue weighted by molar-refractivity contribution is 5.95. The Kier molecular flexibility index (Phi) is 3.20. The number of aromatic amines is 1. The molecule has 1 aliphatic heterocycles. The molecule has 8 nitrogen and oxygen atoms in total. The molecule has 1 unspecified atom stereocenters. The molecule has 2 aromatic heterocycles. The molecule has 1 aliphatic rings. The van der Waals surface area contributed by atoms with E-state index in [0.717, 1.165) is 12.8 Å². The van der Waals surface area contributed by atoms with Crippen LogP contribution in [0.3, 0.4) is 0 Å². The first-order chi connectivity index (χ1) is 10.1. The Bertz CT molecular complexity index is 690. The predicted octanol–water partition coefficient (Wildman–Crippen LogP) is 0.782. The summed E-state index contributed by atoms with van der Waals surface area (Å²) in [7, 11) is 0. The fourth-order valence-corrected chi connectivity index (χ4v) is 2.67. The van der Waals surface area contributed by atoms with Gasteiger partial charge in [-0.05, 0) is 12.8 Å². The molecule has 110 valence electrons. The first kappa shape index (κ1) is 13.3. The number of nitrogens with one attached hydrogen (secondary N) is 1. The van der Waals surface area contributed by atoms with Crippen molar-refractivity contribution in [3.8, 4) is 0 Å². The Morgan fingerprint density at radius 1 is 1.52 bits per heavy atom. The fourth-order valence-electron chi connectivity index (χ4n) is 2.67. The van der Waals surface area contributed by atoms with Crippen molar-refractivity contribution in [2.45, 2.75) is 25.8 Å². The molecule has 1 atom stereocenters. The molecule has 0 spiro atoms. The standard InChI is InChI=1S/C13H15N5O3/c1-7-16-9(6-21-7)13(20)18-4-2-3-10(18)11-8(12(14)19)5-15-17-11/h5-6,10H,2-4H2,1H3,(H2,14,19)(H,15,17). The quantitative estimate of drug-likeness (QED) is 0.865. The van der Waals surface area contributed by atoms with Gasteiger partial charge in [-0.2, -0.15) is 5.10 Å². The number of amides is 2. The fraction of sp³-hybridized carbons (Fsp3) is 0.385. The highest BCUT2D eigenvalue weighted by atomic mass is 16.3. The summed E-state index contributed by atoms with van der Waals surface area (Å²) in [6, 6.07) is -0.250. The molecule has 3 N–H and O–H groups in total. The number of primary amides is 1. The molecular weight excluding hydrogens is 274 g/mol. The van der Waals surface area contributed by atoms with Crippen LogP contribution in [0.2, 0.25) is 0 Å². The molecule has 0 radical (unpaired) electrons. The van der Waals surface area contributed by atoms with E-state index in [1.54, 1.807) is 11.8 Å². The van der Waals surface area contributed by atoms with Crippen LogP contribution < -0.4 is 5.73 Å². The first-order valence-electron chi connectivity index (χ1n) is 6.64. The largest absolute Gasteiger partial charge is 0.448 e. The summed E-state index contributed by atoms with van der Waals surface area (Å²) in [6.45, 7) is 2.27. The van der Waals surface area contributed by atoms with E-state index in [2.05, 4.69) is 15.2 Å². The minimum atomic E-state index is -0.560. The van der Waals surface area contributed by atoms with Crippen molar-refractivity contribution >= 4 is 11.8 Å². The molecule has 1 fully saturated rings. The maximum atomic E-state index is 12.5. The Balaban J connectivity index is 1.90. The average molecular weight is 289 g/mol. The molecule has 2 amide bonds. The molecule has 0 aromatic carbocycles. The zero-order valence-electron chi connectivity index (χ0n) is 11.5. The Morgan fingerprint density at radius 2 is 2.33 bits per heavy atom. The number of carbonyl (C=O) groups is 2. The zero-order valence-corrected chi connectivity index (χ0v) is 11.5. The van der Waals surface area contributed by atoms with Crippen LogP contribution in [0.25, 0.3) is 0 Å². The molecule has 3 heterocycles. The van der Waals surface area contributed by atoms with Gasteiger partial charge in [0, 0.05) is 13.5 Å². The minimum Gasteiger partial charge on any atom is -0.448 e. The summed E-state index contributed by atoms with van der Waals surface area (Å²) < 4.78 is 5.08. The average Bonchev–Trinajstić information content (AvgIpc) is 3.16. The Morgan fingerprint density at radius 3 is 3.00 bits per heavy atom. The van der Waals surface area contributed by atoms with Crippen molar-refractivity contribution in [1.82, 2.24) is 20.1 Å². The van der Waals surface area contributed by atoms with Crippen molar-refractivity contribution in [1.29, 1.82) is 0 Å². The number of hydrogen-bond donors (Lipinski definition) is 2. The number of aromatic nitrogens is 3. The predicted molar refractivity (Wildman–Crippen MR) is 71.4 cm³/mol. The van der Waals surface area contributed by atoms with E-state index in [0.29, 0.717) is 23.7 Å². The van der Waals surface area contributed by atoms with Crippen LogP contribution in [0.5, 0.6) is 0 Å². The van der Waals surface area contributed by atoms with E-state index >= 15 is 0 Å². The minimum absolute atomic E-state index is 0.223. The maximum absolute atomic E-state index is 12.5. The van der Waals surface area contributed by atoms with Gasteiger partial charge in [-0.1, -0.05) is 0 Å². The van der Waals surface area contributed by atoms with E-state index in [4.69, 9.17) is 10.2 Å². The van der Waals surface area contributed by atoms with Gasteiger partial charge in [-0.3, -0.25) is 14.7 Å². The van der Waals surface area contributed by atoms with E-state index in [1.807, 2.05) is 0 Å². The monoisotopic (exact) mass is 289 g/mol. The number of oxazole rings is 1. The molecule has 8 heteroatoms. The number of rotatable bonds is 3. The number of hydrogen-bond acceptors (Lipinski definition) is 5. The van der Waals surface area contributed by atoms with E-state index in [1.165, 1.54) is 12.5 Å². The highest BCUT2D eigenvalue weighted by Crippen LogP contribution is 2.33. The number of carbonyl (C=O) groups excluding carboxylic acids is 2. The lowest BCUT2D eigenvalue weighted by atomic mass is 10.1. The summed E-state index contributed by atoms with van der Waals surface area (Å²) in [4.78, 5) is 29.6. The number of nitrogens with two attached hydrogens (primary N) is 1. The van der Waals surface area contributed by atoms with Crippen LogP contribution in [0.1, 0.15) is 51.3 Å². The third kappa shape index (κ3) is 2.28. The second kappa shape index (κ2) is 5.04. The second-order valence-corrected chi connectivity index (χ2v) is 4.97. The molecule has 2 aromatic rings. The van der Waals surface area contributed by atoms with Gasteiger partial charge >= 0.3 is 0 Å². The molecule has 1 saturated heterocycles. The molecule has 0 saturated carbocycles. The maximum Gasteiger partial charge on any atom is 0.276 e. The van der Waals surface area contributed by atoms with Crippen LogP contribution in [0.4, 0.5) is 0 Å². The highest BCUT2D eigenvalue weighted by Gasteiger charge is 2.34. The Labute approximate surface area is 120 Å². The third-order valence-corrected chi connectivity index (χ3v) is 3.62. The van der Waals surface area contributed by atoms with Gasteiger partial charge in [0.1, 0.15) is 6.26 Å². The van der Waals surface area contributed by atoms with Gasteiger partial charge in [0.05, 0.1) is 23.5 Å². The van der Waals surface area contributed by atoms with Gasteiger partial charge in [-0.25, -0.2) is 4.98 Å². The molecule has 0 bridgehead atoms. The van der Waals surface area contributed by atoms with Crippen LogP contribution in [0, 0.1) is 6.92 Å². The van der Waals surface area contributed by atoms with E-state index < -0.39 is 5.91 Å². The lowest BCUT2D eigenvalue weighted by Gasteiger charge is -2.23. The zero-order chi connectivity index (χ0) is 15.0. The molecular formula is C13H15N5O3. The van der Waals surface area contributed by atoms with Crippen molar-refractivity contribution in [3.63, 3.8) is 0 Å². The number of H-pyrrole nitrogens is 1. The van der Waals surface area contributed by atoms with Crippen molar-refractivity contribution in [3.05, 3.63) is 35.3 Å². The van der Waals surface area contributed by atoms with Gasteiger partial charge < -0.3 is 15.1 Å². The van der Waals surface area contributed by atoms with E-state index in [9.17, 15) is 9.59 Å². The van der Waals surface area contributed by atoms with Crippen LogP contribution in [0.15, 0.2) is 16.9 Å². The Hall–Kier alpha value is -2.64. The molecule has 21 heavy (non-hydrogen) atoms. The topological polar surface area (TPSA) is 118 Å². The second-order valence-electron chi connectivity index (χ2n) is 4.97. The van der Waals surface area contributed by atoms with Crippen LogP contribution in [-0.2, 0) is 0 Å². The smallest absolute Gasteiger partial charge is 0.276 e. The summed E-state index contributed by atoms with van der Waals surface area (Å²) in [5.74, 6) is -0.344. The van der Waals surface area contributed by atoms with Gasteiger partial charge in [0.25, 0.3) is 11.8 Å². The lowest BCUT2D eigenvalue weighted by Crippen LogP contribution is -2.32. The van der Waals surface area contributed by atoms with Gasteiger partial charge in [-0.15, -0.1) is 0 Å². The molecule has 0 aliphatic carbocycles. The summed E-state index contributed by atoms with van der Waals surface area (Å²) in [5, 5.41) is 6.64. The van der Waals surface area contributed by atoms with Crippen molar-refractivity contribution < 1.29 is 14.0 Å². The molecule has 3 rings (SSSR count). The lowest BCUT2D eigenvalue weighted by molar-refractivity contribution is 0.0724. The first-order valence-corrected chi connectivity index (χ1v) is 6.64. The van der Waals surface area contributed by atoms with Gasteiger partial charge in [0.15, 0.2) is 11.6 Å². The number of nitrogens with zero attached hydrogens (tertiary/aromatic N) is 3. The van der Waals surface area contributed by atoms with Crippen LogP contribution >= 0.6 is 0 Å².